The Kier molecular flexibility index (Phi) is 6.69. The third-order valence-electron chi connectivity index (χ3n) is 6.32. The van der Waals surface area contributed by atoms with E-state index in [0.717, 1.165) is 0 Å². The number of benzene rings is 2. The second-order valence-corrected chi connectivity index (χ2v) is 8.90. The number of nitrogens with zero attached hydrogens (tertiary/aromatic N) is 3. The van der Waals surface area contributed by atoms with Crippen molar-refractivity contribution in [2.24, 2.45) is 0 Å². The van der Waals surface area contributed by atoms with Crippen LogP contribution in [0.1, 0.15) is 32.9 Å². The van der Waals surface area contributed by atoms with Crippen LogP contribution < -0.4 is 15.4 Å². The number of carbonyl (C=O) groups is 2. The molecule has 0 bridgehead atoms. The minimum absolute atomic E-state index is 0.260. The summed E-state index contributed by atoms with van der Waals surface area (Å²) in [5, 5.41) is 13.3. The molecule has 2 aromatic carbocycles. The number of hydrogen-bond donors (Lipinski definition) is 3. The summed E-state index contributed by atoms with van der Waals surface area (Å²) in [5.41, 5.74) is 5.19. The summed E-state index contributed by atoms with van der Waals surface area (Å²) >= 11 is 0. The summed E-state index contributed by atoms with van der Waals surface area (Å²) < 4.78 is 43.3. The molecule has 0 atom stereocenters. The van der Waals surface area contributed by atoms with E-state index in [1.807, 2.05) is 0 Å². The van der Waals surface area contributed by atoms with Crippen LogP contribution in [0, 0.1) is 13.8 Å². The topological polar surface area (TPSA) is 114 Å². The summed E-state index contributed by atoms with van der Waals surface area (Å²) in [7, 11) is 0. The first-order valence-electron chi connectivity index (χ1n) is 11.9. The Balaban J connectivity index is 1.44. The zero-order valence-corrected chi connectivity index (χ0v) is 20.9. The third kappa shape index (κ3) is 5.40. The van der Waals surface area contributed by atoms with E-state index in [9.17, 15) is 22.8 Å². The van der Waals surface area contributed by atoms with E-state index in [-0.39, 0.29) is 17.6 Å². The Hall–Kier alpha value is -4.87. The van der Waals surface area contributed by atoms with Gasteiger partial charge in [-0.15, -0.1) is 18.3 Å². The van der Waals surface area contributed by atoms with Crippen LogP contribution in [0.25, 0.3) is 22.8 Å². The number of aromatic amines is 1. The van der Waals surface area contributed by atoms with Crippen LogP contribution in [0.15, 0.2) is 54.9 Å². The van der Waals surface area contributed by atoms with Gasteiger partial charge in [0.25, 0.3) is 11.8 Å². The number of amides is 2. The molecule has 0 unspecified atom stereocenters. The number of anilines is 1. The first kappa shape index (κ1) is 25.8. The van der Waals surface area contributed by atoms with Crippen molar-refractivity contribution in [1.82, 2.24) is 25.3 Å². The van der Waals surface area contributed by atoms with Crippen LogP contribution in [0.3, 0.4) is 0 Å². The Morgan fingerprint density at radius 3 is 2.62 bits per heavy atom. The van der Waals surface area contributed by atoms with Crippen LogP contribution >= 0.6 is 0 Å². The van der Waals surface area contributed by atoms with Crippen LogP contribution in [-0.2, 0) is 11.3 Å². The fourth-order valence-electron chi connectivity index (χ4n) is 4.59. The van der Waals surface area contributed by atoms with Crippen LogP contribution in [0.2, 0.25) is 0 Å². The van der Waals surface area contributed by atoms with Gasteiger partial charge in [0.05, 0.1) is 23.9 Å². The minimum Gasteiger partial charge on any atom is -0.406 e. The van der Waals surface area contributed by atoms with Crippen molar-refractivity contribution in [3.05, 3.63) is 82.9 Å². The van der Waals surface area contributed by atoms with Crippen LogP contribution in [0.5, 0.6) is 5.75 Å². The molecule has 2 amide bonds. The Morgan fingerprint density at radius 2 is 1.92 bits per heavy atom. The Labute approximate surface area is 220 Å². The van der Waals surface area contributed by atoms with Gasteiger partial charge in [-0.3, -0.25) is 14.3 Å². The van der Waals surface area contributed by atoms with Crippen molar-refractivity contribution in [1.29, 1.82) is 0 Å². The molecule has 5 rings (SSSR count). The summed E-state index contributed by atoms with van der Waals surface area (Å²) in [5.74, 6) is -0.933. The standard InChI is InChI=1S/C27H23F3N6O3/c1-15-22(33-16(2)23(15)26(38)31-10-12-36-13-11-32-35-36)14-20-24-19(4-3-5-21(24)34-25(20)37)17-6-8-18(9-7-17)39-27(28,29)30/h3-9,11,13-14,33H,10,12H2,1-2H3,(H,31,38)(H,34,37)/b20-14-. The Bertz CT molecular complexity index is 1570. The lowest BCUT2D eigenvalue weighted by molar-refractivity contribution is -0.274. The second-order valence-electron chi connectivity index (χ2n) is 8.90. The van der Waals surface area contributed by atoms with Crippen LogP contribution in [0.4, 0.5) is 18.9 Å². The number of halogens is 3. The molecular formula is C27H23F3N6O3. The number of aromatic nitrogens is 4. The largest absolute Gasteiger partial charge is 0.573 e. The van der Waals surface area contributed by atoms with Crippen molar-refractivity contribution >= 4 is 29.2 Å². The second kappa shape index (κ2) is 10.1. The molecule has 0 saturated heterocycles. The molecule has 1 aliphatic heterocycles. The van der Waals surface area contributed by atoms with E-state index in [2.05, 4.69) is 30.7 Å². The monoisotopic (exact) mass is 536 g/mol. The van der Waals surface area contributed by atoms with Gasteiger partial charge >= 0.3 is 6.36 Å². The molecule has 0 saturated carbocycles. The molecule has 4 aromatic rings. The number of hydrogen-bond acceptors (Lipinski definition) is 5. The molecule has 39 heavy (non-hydrogen) atoms. The molecule has 2 aromatic heterocycles. The quantitative estimate of drug-likeness (QED) is 0.296. The van der Waals surface area contributed by atoms with Crippen molar-refractivity contribution in [2.45, 2.75) is 26.8 Å². The zero-order chi connectivity index (χ0) is 27.7. The SMILES string of the molecule is Cc1[nH]c(/C=C2\C(=O)Nc3cccc(-c4ccc(OC(F)(F)F)cc4)c32)c(C)c1C(=O)NCCn1ccnn1. The van der Waals surface area contributed by atoms with Gasteiger partial charge in [-0.1, -0.05) is 29.5 Å². The van der Waals surface area contributed by atoms with Gasteiger partial charge in [-0.2, -0.15) is 0 Å². The van der Waals surface area contributed by atoms with Gasteiger partial charge in [0, 0.05) is 35.4 Å². The molecule has 12 heteroatoms. The number of rotatable bonds is 7. The summed E-state index contributed by atoms with van der Waals surface area (Å²) in [6.45, 7) is 4.39. The number of ether oxygens (including phenoxy) is 1. The molecule has 0 spiro atoms. The molecule has 3 N–H and O–H groups in total. The highest BCUT2D eigenvalue weighted by molar-refractivity contribution is 6.36. The number of nitrogens with one attached hydrogen (secondary N) is 3. The highest BCUT2D eigenvalue weighted by Gasteiger charge is 2.31. The van der Waals surface area contributed by atoms with Gasteiger partial charge in [-0.25, -0.2) is 0 Å². The number of H-pyrrole nitrogens is 1. The smallest absolute Gasteiger partial charge is 0.406 e. The average Bonchev–Trinajstić information content (AvgIpc) is 3.57. The molecular weight excluding hydrogens is 513 g/mol. The average molecular weight is 537 g/mol. The number of alkyl halides is 3. The number of fused-ring (bicyclic) bond motifs is 1. The van der Waals surface area contributed by atoms with Gasteiger partial charge < -0.3 is 20.4 Å². The lowest BCUT2D eigenvalue weighted by Gasteiger charge is -2.11. The number of carbonyl (C=O) groups excluding carboxylic acids is 2. The maximum absolute atomic E-state index is 13.0. The molecule has 9 nitrogen and oxygen atoms in total. The van der Waals surface area contributed by atoms with Crippen molar-refractivity contribution in [2.75, 3.05) is 11.9 Å². The van der Waals surface area contributed by atoms with E-state index in [4.69, 9.17) is 0 Å². The first-order chi connectivity index (χ1) is 18.6. The zero-order valence-electron chi connectivity index (χ0n) is 20.9. The maximum atomic E-state index is 13.0. The summed E-state index contributed by atoms with van der Waals surface area (Å²) in [6, 6.07) is 10.7. The summed E-state index contributed by atoms with van der Waals surface area (Å²) in [6.07, 6.45) is 0.149. The van der Waals surface area contributed by atoms with Gasteiger partial charge in [0.15, 0.2) is 0 Å². The van der Waals surface area contributed by atoms with E-state index < -0.39 is 6.36 Å². The van der Waals surface area contributed by atoms with Gasteiger partial charge in [0.2, 0.25) is 0 Å². The van der Waals surface area contributed by atoms with Crippen molar-refractivity contribution in [3.8, 4) is 16.9 Å². The highest BCUT2D eigenvalue weighted by atomic mass is 19.4. The molecule has 0 aliphatic carbocycles. The summed E-state index contributed by atoms with van der Waals surface area (Å²) in [4.78, 5) is 29.1. The molecule has 0 radical (unpaired) electrons. The fraction of sp³-hybridized carbons (Fsp3) is 0.185. The van der Waals surface area contributed by atoms with Gasteiger partial charge in [0.1, 0.15) is 5.75 Å². The molecule has 200 valence electrons. The minimum atomic E-state index is -4.79. The van der Waals surface area contributed by atoms with E-state index >= 15 is 0 Å². The Morgan fingerprint density at radius 1 is 1.15 bits per heavy atom. The maximum Gasteiger partial charge on any atom is 0.573 e. The van der Waals surface area contributed by atoms with Crippen LogP contribution in [-0.4, -0.2) is 44.7 Å². The van der Waals surface area contributed by atoms with E-state index in [0.29, 0.717) is 63.6 Å². The van der Waals surface area contributed by atoms with Crippen molar-refractivity contribution < 1.29 is 27.5 Å². The molecule has 1 aliphatic rings. The van der Waals surface area contributed by atoms with Gasteiger partial charge in [-0.05, 0) is 54.8 Å². The van der Waals surface area contributed by atoms with E-state index in [1.54, 1.807) is 55.2 Å². The van der Waals surface area contributed by atoms with E-state index in [1.165, 1.54) is 24.3 Å². The highest BCUT2D eigenvalue weighted by Crippen LogP contribution is 2.41. The predicted octanol–water partition coefficient (Wildman–Crippen LogP) is 4.71. The fourth-order valence-corrected chi connectivity index (χ4v) is 4.59. The number of aryl methyl sites for hydroxylation is 1. The first-order valence-corrected chi connectivity index (χ1v) is 11.9. The van der Waals surface area contributed by atoms with Crippen molar-refractivity contribution in [3.63, 3.8) is 0 Å². The lowest BCUT2D eigenvalue weighted by Crippen LogP contribution is -2.28. The normalized spacial score (nSPS) is 13.9. The molecule has 0 fully saturated rings. The third-order valence-corrected chi connectivity index (χ3v) is 6.32. The molecule has 3 heterocycles. The lowest BCUT2D eigenvalue weighted by atomic mass is 9.94. The predicted molar refractivity (Wildman–Crippen MR) is 138 cm³/mol.